The second kappa shape index (κ2) is 10.4. The molecule has 28 heavy (non-hydrogen) atoms. The number of likely N-dealkylation sites (N-methyl/N-ethyl adjacent to an activating group) is 1. The Bertz CT molecular complexity index is 903. The summed E-state index contributed by atoms with van der Waals surface area (Å²) in [6, 6.07) is 11.7. The number of hydrazone groups is 1. The van der Waals surface area contributed by atoms with E-state index in [1.54, 1.807) is 42.5 Å². The van der Waals surface area contributed by atoms with Crippen molar-refractivity contribution in [3.8, 4) is 5.75 Å². The number of hydrogen-bond donors (Lipinski definition) is 3. The van der Waals surface area contributed by atoms with Gasteiger partial charge in [-0.3, -0.25) is 14.4 Å². The largest absolute Gasteiger partial charge is 0.483 e. The summed E-state index contributed by atoms with van der Waals surface area (Å²) in [5.41, 5.74) is 3.17. The molecule has 0 radical (unpaired) electrons. The first-order valence-corrected chi connectivity index (χ1v) is 9.09. The minimum Gasteiger partial charge on any atom is -0.483 e. The molecule has 10 heteroatoms. The molecule has 146 valence electrons. The van der Waals surface area contributed by atoms with Crippen LogP contribution < -0.4 is 20.8 Å². The van der Waals surface area contributed by atoms with Crippen molar-refractivity contribution in [2.75, 3.05) is 19.0 Å². The SMILES string of the molecule is CNC(=O)C(=O)N/N=C\c1cc(Br)ccc1OCC(=O)Nc1ccc(Cl)cc1. The van der Waals surface area contributed by atoms with Crippen molar-refractivity contribution in [3.05, 3.63) is 57.5 Å². The maximum Gasteiger partial charge on any atom is 0.329 e. The highest BCUT2D eigenvalue weighted by Gasteiger charge is 2.10. The number of benzene rings is 2. The zero-order chi connectivity index (χ0) is 20.5. The van der Waals surface area contributed by atoms with Crippen LogP contribution in [0.1, 0.15) is 5.56 Å². The van der Waals surface area contributed by atoms with Crippen LogP contribution in [-0.4, -0.2) is 37.6 Å². The smallest absolute Gasteiger partial charge is 0.329 e. The van der Waals surface area contributed by atoms with Crippen molar-refractivity contribution < 1.29 is 19.1 Å². The van der Waals surface area contributed by atoms with E-state index in [0.717, 1.165) is 4.47 Å². The minimum absolute atomic E-state index is 0.240. The molecule has 0 aliphatic heterocycles. The van der Waals surface area contributed by atoms with Crippen molar-refractivity contribution in [2.45, 2.75) is 0 Å². The standard InChI is InChI=1S/C18H16BrClN4O4/c1-21-17(26)18(27)24-22-9-11-8-12(19)2-7-15(11)28-10-16(25)23-14-5-3-13(20)4-6-14/h2-9H,10H2,1H3,(H,21,26)(H,23,25)(H,24,27)/b22-9-. The number of halogens is 2. The number of anilines is 1. The quantitative estimate of drug-likeness (QED) is 0.344. The van der Waals surface area contributed by atoms with Gasteiger partial charge in [0.05, 0.1) is 6.21 Å². The number of hydrogen-bond acceptors (Lipinski definition) is 5. The molecule has 0 spiro atoms. The summed E-state index contributed by atoms with van der Waals surface area (Å²) < 4.78 is 6.27. The van der Waals surface area contributed by atoms with Crippen LogP contribution in [0.2, 0.25) is 5.02 Å². The third kappa shape index (κ3) is 6.67. The molecule has 0 aliphatic carbocycles. The Morgan fingerprint density at radius 1 is 1.14 bits per heavy atom. The molecule has 8 nitrogen and oxygen atoms in total. The summed E-state index contributed by atoms with van der Waals surface area (Å²) in [5.74, 6) is -1.71. The Morgan fingerprint density at radius 3 is 2.54 bits per heavy atom. The van der Waals surface area contributed by atoms with Gasteiger partial charge in [0, 0.05) is 27.8 Å². The first-order valence-electron chi connectivity index (χ1n) is 7.92. The summed E-state index contributed by atoms with van der Waals surface area (Å²) in [6.07, 6.45) is 1.30. The fourth-order valence-corrected chi connectivity index (χ4v) is 2.45. The maximum atomic E-state index is 12.0. The fourth-order valence-electron chi connectivity index (χ4n) is 1.95. The van der Waals surface area contributed by atoms with Crippen LogP contribution in [0.3, 0.4) is 0 Å². The number of carbonyl (C=O) groups excluding carboxylic acids is 3. The molecule has 3 N–H and O–H groups in total. The van der Waals surface area contributed by atoms with E-state index in [1.165, 1.54) is 13.3 Å². The normalized spacial score (nSPS) is 10.4. The van der Waals surface area contributed by atoms with Gasteiger partial charge in [0.2, 0.25) is 0 Å². The van der Waals surface area contributed by atoms with Gasteiger partial charge >= 0.3 is 11.8 Å². The molecular formula is C18H16BrClN4O4. The second-order valence-corrected chi connectivity index (χ2v) is 6.66. The molecule has 0 saturated carbocycles. The van der Waals surface area contributed by atoms with Gasteiger partial charge in [-0.2, -0.15) is 5.10 Å². The van der Waals surface area contributed by atoms with E-state index in [4.69, 9.17) is 16.3 Å². The Labute approximate surface area is 174 Å². The highest BCUT2D eigenvalue weighted by molar-refractivity contribution is 9.10. The highest BCUT2D eigenvalue weighted by Crippen LogP contribution is 2.22. The van der Waals surface area contributed by atoms with Crippen molar-refractivity contribution in [1.82, 2.24) is 10.7 Å². The lowest BCUT2D eigenvalue weighted by molar-refractivity contribution is -0.138. The van der Waals surface area contributed by atoms with Gasteiger partial charge in [0.1, 0.15) is 5.75 Å². The lowest BCUT2D eigenvalue weighted by atomic mass is 10.2. The van der Waals surface area contributed by atoms with Crippen molar-refractivity contribution >= 4 is 57.2 Å². The zero-order valence-electron chi connectivity index (χ0n) is 14.7. The highest BCUT2D eigenvalue weighted by atomic mass is 79.9. The molecule has 0 heterocycles. The fraction of sp³-hybridized carbons (Fsp3) is 0.111. The number of carbonyl (C=O) groups is 3. The van der Waals surface area contributed by atoms with E-state index in [2.05, 4.69) is 37.1 Å². The predicted molar refractivity (Wildman–Crippen MR) is 110 cm³/mol. The van der Waals surface area contributed by atoms with Crippen LogP contribution in [0.25, 0.3) is 0 Å². The molecule has 0 aliphatic rings. The summed E-state index contributed by atoms with van der Waals surface area (Å²) in [5, 5.41) is 9.14. The van der Waals surface area contributed by atoms with Crippen LogP contribution in [0, 0.1) is 0 Å². The first kappa shape index (κ1) is 21.4. The number of amides is 3. The third-order valence-electron chi connectivity index (χ3n) is 3.26. The van der Waals surface area contributed by atoms with E-state index in [9.17, 15) is 14.4 Å². The minimum atomic E-state index is -0.904. The number of ether oxygens (including phenoxy) is 1. The predicted octanol–water partition coefficient (Wildman–Crippen LogP) is 2.32. The summed E-state index contributed by atoms with van der Waals surface area (Å²) in [6.45, 7) is -0.240. The summed E-state index contributed by atoms with van der Waals surface area (Å²) >= 11 is 9.13. The first-order chi connectivity index (χ1) is 13.4. The number of nitrogens with one attached hydrogen (secondary N) is 3. The third-order valence-corrected chi connectivity index (χ3v) is 4.01. The van der Waals surface area contributed by atoms with Gasteiger partial charge in [-0.1, -0.05) is 27.5 Å². The summed E-state index contributed by atoms with van der Waals surface area (Å²) in [4.78, 5) is 34.6. The topological polar surface area (TPSA) is 109 Å². The van der Waals surface area contributed by atoms with E-state index in [-0.39, 0.29) is 12.5 Å². The van der Waals surface area contributed by atoms with Crippen LogP contribution >= 0.6 is 27.5 Å². The van der Waals surface area contributed by atoms with Crippen molar-refractivity contribution in [1.29, 1.82) is 0 Å². The van der Waals surface area contributed by atoms with Gasteiger partial charge in [0.25, 0.3) is 5.91 Å². The molecule has 0 aromatic heterocycles. The van der Waals surface area contributed by atoms with Gasteiger partial charge in [0.15, 0.2) is 6.61 Å². The number of nitrogens with zero attached hydrogens (tertiary/aromatic N) is 1. The molecule has 3 amide bonds. The van der Waals surface area contributed by atoms with E-state index < -0.39 is 11.8 Å². The molecule has 0 bridgehead atoms. The van der Waals surface area contributed by atoms with E-state index in [0.29, 0.717) is 22.0 Å². The zero-order valence-corrected chi connectivity index (χ0v) is 17.0. The molecule has 2 aromatic carbocycles. The lowest BCUT2D eigenvalue weighted by Gasteiger charge is -2.10. The Morgan fingerprint density at radius 2 is 1.86 bits per heavy atom. The maximum absolute atomic E-state index is 12.0. The lowest BCUT2D eigenvalue weighted by Crippen LogP contribution is -2.35. The molecule has 2 rings (SSSR count). The number of rotatable bonds is 6. The van der Waals surface area contributed by atoms with Crippen LogP contribution in [0.15, 0.2) is 52.0 Å². The van der Waals surface area contributed by atoms with Crippen molar-refractivity contribution in [3.63, 3.8) is 0 Å². The van der Waals surface area contributed by atoms with Crippen molar-refractivity contribution in [2.24, 2.45) is 5.10 Å². The van der Waals surface area contributed by atoms with Crippen LogP contribution in [-0.2, 0) is 14.4 Å². The molecule has 0 fully saturated rings. The monoisotopic (exact) mass is 466 g/mol. The molecule has 2 aromatic rings. The van der Waals surface area contributed by atoms with Gasteiger partial charge in [-0.15, -0.1) is 0 Å². The van der Waals surface area contributed by atoms with Crippen LogP contribution in [0.5, 0.6) is 5.75 Å². The average molecular weight is 468 g/mol. The summed E-state index contributed by atoms with van der Waals surface area (Å²) in [7, 11) is 1.33. The Hall–Kier alpha value is -2.91. The van der Waals surface area contributed by atoms with Crippen LogP contribution in [0.4, 0.5) is 5.69 Å². The average Bonchev–Trinajstić information content (AvgIpc) is 2.68. The van der Waals surface area contributed by atoms with Gasteiger partial charge in [-0.25, -0.2) is 5.43 Å². The Balaban J connectivity index is 1.99. The molecule has 0 atom stereocenters. The Kier molecular flexibility index (Phi) is 7.97. The van der Waals surface area contributed by atoms with E-state index in [1.807, 2.05) is 0 Å². The van der Waals surface area contributed by atoms with E-state index >= 15 is 0 Å². The van der Waals surface area contributed by atoms with Gasteiger partial charge < -0.3 is 15.4 Å². The molecule has 0 saturated heterocycles. The molecular weight excluding hydrogens is 452 g/mol. The van der Waals surface area contributed by atoms with Gasteiger partial charge in [-0.05, 0) is 42.5 Å². The second-order valence-electron chi connectivity index (χ2n) is 5.30. The molecule has 0 unspecified atom stereocenters.